The molecular formula is C24H21FN6O3. The molecule has 0 spiro atoms. The highest BCUT2D eigenvalue weighted by molar-refractivity contribution is 5.94. The molecule has 34 heavy (non-hydrogen) atoms. The number of H-pyrrole nitrogens is 1. The second-order valence-corrected chi connectivity index (χ2v) is 8.01. The van der Waals surface area contributed by atoms with Gasteiger partial charge in [-0.1, -0.05) is 18.2 Å². The van der Waals surface area contributed by atoms with Gasteiger partial charge in [-0.25, -0.2) is 19.2 Å². The average molecular weight is 460 g/mol. The Morgan fingerprint density at radius 2 is 1.71 bits per heavy atom. The largest absolute Gasteiger partial charge is 0.337 e. The Balaban J connectivity index is 1.37. The minimum absolute atomic E-state index is 0.00723. The molecule has 2 aromatic heterocycles. The number of aromatic amines is 1. The molecule has 4 aromatic rings. The van der Waals surface area contributed by atoms with E-state index in [9.17, 15) is 18.8 Å². The van der Waals surface area contributed by atoms with Crippen LogP contribution in [0.3, 0.4) is 0 Å². The number of rotatable bonds is 4. The van der Waals surface area contributed by atoms with Crippen LogP contribution in [0.1, 0.15) is 15.9 Å². The van der Waals surface area contributed by atoms with E-state index in [1.807, 2.05) is 4.90 Å². The lowest BCUT2D eigenvalue weighted by molar-refractivity contribution is 0.0746. The maximum atomic E-state index is 14.5. The molecule has 0 atom stereocenters. The lowest BCUT2D eigenvalue weighted by atomic mass is 10.1. The summed E-state index contributed by atoms with van der Waals surface area (Å²) in [5.41, 5.74) is -0.296. The fourth-order valence-electron chi connectivity index (χ4n) is 4.19. The molecular weight excluding hydrogens is 439 g/mol. The maximum Gasteiger partial charge on any atom is 0.329 e. The second-order valence-electron chi connectivity index (χ2n) is 8.01. The summed E-state index contributed by atoms with van der Waals surface area (Å²) in [5, 5.41) is 0.0899. The minimum Gasteiger partial charge on any atom is -0.337 e. The van der Waals surface area contributed by atoms with Crippen LogP contribution in [-0.2, 0) is 6.54 Å². The number of aromatic nitrogens is 4. The molecule has 0 radical (unpaired) electrons. The van der Waals surface area contributed by atoms with Crippen LogP contribution >= 0.6 is 0 Å². The number of carbonyl (C=O) groups is 1. The van der Waals surface area contributed by atoms with Gasteiger partial charge in [-0.3, -0.25) is 19.1 Å². The summed E-state index contributed by atoms with van der Waals surface area (Å²) < 4.78 is 15.7. The van der Waals surface area contributed by atoms with E-state index in [0.29, 0.717) is 43.3 Å². The topological polar surface area (TPSA) is 104 Å². The van der Waals surface area contributed by atoms with Crippen molar-refractivity contribution in [1.82, 2.24) is 24.4 Å². The van der Waals surface area contributed by atoms with Gasteiger partial charge in [-0.2, -0.15) is 0 Å². The molecule has 0 bridgehead atoms. The van der Waals surface area contributed by atoms with Crippen molar-refractivity contribution in [2.45, 2.75) is 6.54 Å². The SMILES string of the molecule is O=C(c1cccc(Cn2c(=O)[nH]c(=O)c3cccc(F)c32)c1)N1CCN(c2ncccn2)CC1. The van der Waals surface area contributed by atoms with Crippen molar-refractivity contribution < 1.29 is 9.18 Å². The summed E-state index contributed by atoms with van der Waals surface area (Å²) in [5.74, 6) is -0.143. The van der Waals surface area contributed by atoms with Crippen LogP contribution in [0.15, 0.2) is 70.5 Å². The molecule has 172 valence electrons. The number of benzene rings is 2. The zero-order chi connectivity index (χ0) is 23.7. The van der Waals surface area contributed by atoms with Crippen molar-refractivity contribution in [3.05, 3.63) is 98.7 Å². The Hall–Kier alpha value is -4.34. The summed E-state index contributed by atoms with van der Waals surface area (Å²) in [4.78, 5) is 52.2. The third kappa shape index (κ3) is 4.05. The highest BCUT2D eigenvalue weighted by Gasteiger charge is 2.23. The molecule has 5 rings (SSSR count). The molecule has 1 aliphatic rings. The number of hydrogen-bond donors (Lipinski definition) is 1. The Morgan fingerprint density at radius 3 is 2.47 bits per heavy atom. The van der Waals surface area contributed by atoms with Gasteiger partial charge in [-0.15, -0.1) is 0 Å². The molecule has 1 fully saturated rings. The number of hydrogen-bond acceptors (Lipinski definition) is 6. The zero-order valence-corrected chi connectivity index (χ0v) is 18.1. The first-order valence-corrected chi connectivity index (χ1v) is 10.8. The lowest BCUT2D eigenvalue weighted by Gasteiger charge is -2.34. The van der Waals surface area contributed by atoms with E-state index in [4.69, 9.17) is 0 Å². The standard InChI is InChI=1S/C24H21FN6O3/c25-19-7-2-6-18-20(19)31(24(34)28-21(18)32)15-16-4-1-5-17(14-16)22(33)29-10-12-30(13-11-29)23-26-8-3-9-27-23/h1-9,14H,10-13,15H2,(H,28,32,34). The fraction of sp³-hybridized carbons (Fsp3) is 0.208. The number of anilines is 1. The number of fused-ring (bicyclic) bond motifs is 1. The first-order chi connectivity index (χ1) is 16.5. The molecule has 9 nitrogen and oxygen atoms in total. The van der Waals surface area contributed by atoms with Gasteiger partial charge >= 0.3 is 5.69 Å². The van der Waals surface area contributed by atoms with Crippen LogP contribution in [0.5, 0.6) is 0 Å². The molecule has 0 saturated carbocycles. The van der Waals surface area contributed by atoms with E-state index in [1.165, 1.54) is 22.8 Å². The van der Waals surface area contributed by atoms with Gasteiger partial charge in [0.25, 0.3) is 11.5 Å². The summed E-state index contributed by atoms with van der Waals surface area (Å²) in [6, 6.07) is 12.7. The number of nitrogens with one attached hydrogen (secondary N) is 1. The first kappa shape index (κ1) is 21.5. The fourth-order valence-corrected chi connectivity index (χ4v) is 4.19. The van der Waals surface area contributed by atoms with Crippen molar-refractivity contribution in [2.24, 2.45) is 0 Å². The molecule has 0 aliphatic carbocycles. The highest BCUT2D eigenvalue weighted by Crippen LogP contribution is 2.17. The quantitative estimate of drug-likeness (QED) is 0.497. The highest BCUT2D eigenvalue weighted by atomic mass is 19.1. The third-order valence-corrected chi connectivity index (χ3v) is 5.88. The Bertz CT molecular complexity index is 1480. The van der Waals surface area contributed by atoms with Crippen LogP contribution in [-0.4, -0.2) is 56.5 Å². The zero-order valence-electron chi connectivity index (χ0n) is 18.1. The van der Waals surface area contributed by atoms with E-state index in [0.717, 1.165) is 0 Å². The Labute approximate surface area is 193 Å². The summed E-state index contributed by atoms with van der Waals surface area (Å²) in [6.07, 6.45) is 3.38. The van der Waals surface area contributed by atoms with Gasteiger partial charge < -0.3 is 9.80 Å². The van der Waals surface area contributed by atoms with Gasteiger partial charge in [0.15, 0.2) is 0 Å². The molecule has 3 heterocycles. The summed E-state index contributed by atoms with van der Waals surface area (Å²) >= 11 is 0. The summed E-state index contributed by atoms with van der Waals surface area (Å²) in [7, 11) is 0. The van der Waals surface area contributed by atoms with Gasteiger partial charge in [0.1, 0.15) is 5.82 Å². The van der Waals surface area contributed by atoms with Crippen LogP contribution in [0.25, 0.3) is 10.9 Å². The van der Waals surface area contributed by atoms with Crippen LogP contribution < -0.4 is 16.1 Å². The van der Waals surface area contributed by atoms with Gasteiger partial charge in [0.05, 0.1) is 17.4 Å². The number of nitrogens with zero attached hydrogens (tertiary/aromatic N) is 5. The maximum absolute atomic E-state index is 14.5. The molecule has 1 saturated heterocycles. The summed E-state index contributed by atoms with van der Waals surface area (Å²) in [6.45, 7) is 2.29. The van der Waals surface area contributed by atoms with Crippen LogP contribution in [0.2, 0.25) is 0 Å². The molecule has 1 N–H and O–H groups in total. The van der Waals surface area contributed by atoms with E-state index < -0.39 is 17.1 Å². The number of amides is 1. The van der Waals surface area contributed by atoms with Crippen LogP contribution in [0, 0.1) is 5.82 Å². The predicted molar refractivity (Wildman–Crippen MR) is 124 cm³/mol. The van der Waals surface area contributed by atoms with Crippen molar-refractivity contribution in [1.29, 1.82) is 0 Å². The predicted octanol–water partition coefficient (Wildman–Crippen LogP) is 1.63. The van der Waals surface area contributed by atoms with Gasteiger partial charge in [0, 0.05) is 44.1 Å². The Morgan fingerprint density at radius 1 is 0.971 bits per heavy atom. The van der Waals surface area contributed by atoms with Gasteiger partial charge in [-0.05, 0) is 35.9 Å². The monoisotopic (exact) mass is 460 g/mol. The van der Waals surface area contributed by atoms with Crippen molar-refractivity contribution in [3.8, 4) is 0 Å². The third-order valence-electron chi connectivity index (χ3n) is 5.88. The Kier molecular flexibility index (Phi) is 5.62. The van der Waals surface area contributed by atoms with E-state index in [-0.39, 0.29) is 23.4 Å². The molecule has 10 heteroatoms. The van der Waals surface area contributed by atoms with E-state index >= 15 is 0 Å². The number of para-hydroxylation sites is 1. The van der Waals surface area contributed by atoms with Crippen molar-refractivity contribution in [2.75, 3.05) is 31.1 Å². The second kappa shape index (κ2) is 8.89. The molecule has 1 amide bonds. The van der Waals surface area contributed by atoms with E-state index in [1.54, 1.807) is 47.6 Å². The molecule has 2 aromatic carbocycles. The lowest BCUT2D eigenvalue weighted by Crippen LogP contribution is -2.49. The number of carbonyl (C=O) groups excluding carboxylic acids is 1. The smallest absolute Gasteiger partial charge is 0.329 e. The van der Waals surface area contributed by atoms with Gasteiger partial charge in [0.2, 0.25) is 5.95 Å². The molecule has 1 aliphatic heterocycles. The van der Waals surface area contributed by atoms with E-state index in [2.05, 4.69) is 15.0 Å². The first-order valence-electron chi connectivity index (χ1n) is 10.8. The van der Waals surface area contributed by atoms with Crippen molar-refractivity contribution >= 4 is 22.8 Å². The number of halogens is 1. The normalized spacial score (nSPS) is 13.9. The minimum atomic E-state index is -0.710. The molecule has 0 unspecified atom stereocenters. The average Bonchev–Trinajstić information content (AvgIpc) is 2.87. The van der Waals surface area contributed by atoms with Crippen LogP contribution in [0.4, 0.5) is 10.3 Å². The van der Waals surface area contributed by atoms with Crippen molar-refractivity contribution in [3.63, 3.8) is 0 Å². The number of piperazine rings is 1.